The predicted octanol–water partition coefficient (Wildman–Crippen LogP) is 2.64. The van der Waals surface area contributed by atoms with E-state index in [1.165, 1.54) is 0 Å². The highest BCUT2D eigenvalue weighted by Crippen LogP contribution is 2.16. The molecule has 4 heteroatoms. The van der Waals surface area contributed by atoms with Crippen LogP contribution in [0.3, 0.4) is 0 Å². The smallest absolute Gasteiger partial charge is 0.231 e. The molecule has 0 spiro atoms. The maximum absolute atomic E-state index is 12.3. The Labute approximate surface area is 119 Å². The van der Waals surface area contributed by atoms with E-state index < -0.39 is 0 Å². The topological polar surface area (TPSA) is 45.2 Å². The van der Waals surface area contributed by atoms with E-state index in [1.807, 2.05) is 50.4 Å². The van der Waals surface area contributed by atoms with Crippen molar-refractivity contribution < 1.29 is 4.79 Å². The van der Waals surface area contributed by atoms with Gasteiger partial charge in [-0.05, 0) is 30.2 Å². The quantitative estimate of drug-likeness (QED) is 0.928. The van der Waals surface area contributed by atoms with Crippen LogP contribution in [0.1, 0.15) is 11.1 Å². The van der Waals surface area contributed by atoms with Crippen molar-refractivity contribution in [2.75, 3.05) is 24.3 Å². The molecule has 0 atom stereocenters. The van der Waals surface area contributed by atoms with Crippen molar-refractivity contribution in [1.82, 2.24) is 4.98 Å². The number of likely N-dealkylation sites (N-methyl/N-ethyl adjacent to an activating group) is 1. The average Bonchev–Trinajstić information content (AvgIpc) is 2.49. The summed E-state index contributed by atoms with van der Waals surface area (Å²) >= 11 is 0. The lowest BCUT2D eigenvalue weighted by Crippen LogP contribution is -2.28. The summed E-state index contributed by atoms with van der Waals surface area (Å²) in [6.07, 6.45) is 2.10. The number of aromatic nitrogens is 1. The van der Waals surface area contributed by atoms with Gasteiger partial charge in [0.15, 0.2) is 0 Å². The third-order valence-electron chi connectivity index (χ3n) is 3.37. The summed E-state index contributed by atoms with van der Waals surface area (Å²) in [6.45, 7) is 2.02. The van der Waals surface area contributed by atoms with Gasteiger partial charge < -0.3 is 10.2 Å². The minimum Gasteiger partial charge on any atom is -0.373 e. The van der Waals surface area contributed by atoms with Crippen LogP contribution in [-0.2, 0) is 11.2 Å². The van der Waals surface area contributed by atoms with Crippen LogP contribution in [-0.4, -0.2) is 25.0 Å². The van der Waals surface area contributed by atoms with Crippen LogP contribution in [0.4, 0.5) is 11.5 Å². The Hall–Kier alpha value is -2.36. The molecule has 104 valence electrons. The van der Waals surface area contributed by atoms with Crippen LogP contribution in [0.25, 0.3) is 0 Å². The summed E-state index contributed by atoms with van der Waals surface area (Å²) in [6, 6.07) is 11.7. The van der Waals surface area contributed by atoms with Crippen molar-refractivity contribution in [2.24, 2.45) is 0 Å². The van der Waals surface area contributed by atoms with Gasteiger partial charge >= 0.3 is 0 Å². The SMILES string of the molecule is CNc1ccc(N(C)C(=O)Cc2ccccc2C)cn1. The zero-order valence-electron chi connectivity index (χ0n) is 12.1. The summed E-state index contributed by atoms with van der Waals surface area (Å²) in [5, 5.41) is 2.96. The van der Waals surface area contributed by atoms with Crippen molar-refractivity contribution in [1.29, 1.82) is 0 Å². The molecule has 0 fully saturated rings. The van der Waals surface area contributed by atoms with Gasteiger partial charge in [0.2, 0.25) is 5.91 Å². The third kappa shape index (κ3) is 3.15. The first kappa shape index (κ1) is 14.1. The van der Waals surface area contributed by atoms with Gasteiger partial charge in [-0.25, -0.2) is 4.98 Å². The molecule has 2 aromatic rings. The molecule has 0 aliphatic rings. The molecule has 1 heterocycles. The molecule has 0 saturated heterocycles. The Bertz CT molecular complexity index is 593. The first-order chi connectivity index (χ1) is 9.61. The van der Waals surface area contributed by atoms with Gasteiger partial charge in [0.1, 0.15) is 5.82 Å². The maximum atomic E-state index is 12.3. The Morgan fingerprint density at radius 3 is 2.60 bits per heavy atom. The van der Waals surface area contributed by atoms with E-state index in [4.69, 9.17) is 0 Å². The number of rotatable bonds is 4. The molecule has 0 unspecified atom stereocenters. The number of aryl methyl sites for hydroxylation is 1. The van der Waals surface area contributed by atoms with E-state index in [9.17, 15) is 4.79 Å². The molecule has 1 N–H and O–H groups in total. The zero-order chi connectivity index (χ0) is 14.5. The lowest BCUT2D eigenvalue weighted by Gasteiger charge is -2.18. The molecule has 0 bridgehead atoms. The zero-order valence-corrected chi connectivity index (χ0v) is 12.1. The van der Waals surface area contributed by atoms with Crippen molar-refractivity contribution in [3.63, 3.8) is 0 Å². The highest BCUT2D eigenvalue weighted by Gasteiger charge is 2.13. The summed E-state index contributed by atoms with van der Waals surface area (Å²) in [7, 11) is 3.59. The van der Waals surface area contributed by atoms with Crippen LogP contribution in [0.5, 0.6) is 0 Å². The average molecular weight is 269 g/mol. The molecule has 0 aliphatic carbocycles. The number of benzene rings is 1. The van der Waals surface area contributed by atoms with Crippen molar-refractivity contribution in [2.45, 2.75) is 13.3 Å². The molecule has 1 aromatic heterocycles. The summed E-state index contributed by atoms with van der Waals surface area (Å²) < 4.78 is 0. The number of pyridine rings is 1. The van der Waals surface area contributed by atoms with E-state index in [-0.39, 0.29) is 5.91 Å². The van der Waals surface area contributed by atoms with Gasteiger partial charge in [0, 0.05) is 14.1 Å². The van der Waals surface area contributed by atoms with Crippen LogP contribution in [0.15, 0.2) is 42.6 Å². The molecular weight excluding hydrogens is 250 g/mol. The number of amides is 1. The monoisotopic (exact) mass is 269 g/mol. The van der Waals surface area contributed by atoms with E-state index in [0.717, 1.165) is 22.6 Å². The second-order valence-corrected chi connectivity index (χ2v) is 4.71. The Morgan fingerprint density at radius 2 is 2.00 bits per heavy atom. The number of hydrogen-bond acceptors (Lipinski definition) is 3. The number of carbonyl (C=O) groups is 1. The first-order valence-electron chi connectivity index (χ1n) is 6.56. The normalized spacial score (nSPS) is 10.2. The molecule has 1 amide bonds. The van der Waals surface area contributed by atoms with Crippen molar-refractivity contribution in [3.05, 3.63) is 53.7 Å². The number of nitrogens with zero attached hydrogens (tertiary/aromatic N) is 2. The highest BCUT2D eigenvalue weighted by atomic mass is 16.2. The van der Waals surface area contributed by atoms with Crippen molar-refractivity contribution >= 4 is 17.4 Å². The molecule has 0 radical (unpaired) electrons. The minimum atomic E-state index is 0.0540. The molecular formula is C16H19N3O. The highest BCUT2D eigenvalue weighted by molar-refractivity contribution is 5.94. The Morgan fingerprint density at radius 1 is 1.25 bits per heavy atom. The first-order valence-corrected chi connectivity index (χ1v) is 6.56. The minimum absolute atomic E-state index is 0.0540. The third-order valence-corrected chi connectivity index (χ3v) is 3.37. The fraction of sp³-hybridized carbons (Fsp3) is 0.250. The second-order valence-electron chi connectivity index (χ2n) is 4.71. The van der Waals surface area contributed by atoms with Gasteiger partial charge in [-0.3, -0.25) is 4.79 Å². The molecule has 20 heavy (non-hydrogen) atoms. The summed E-state index contributed by atoms with van der Waals surface area (Å²) in [5.74, 6) is 0.840. The standard InChI is InChI=1S/C16H19N3O/c1-12-6-4-5-7-13(12)10-16(20)19(3)14-8-9-15(17-2)18-11-14/h4-9,11H,10H2,1-3H3,(H,17,18). The molecule has 0 aliphatic heterocycles. The molecule has 0 saturated carbocycles. The van der Waals surface area contributed by atoms with Gasteiger partial charge in [0.25, 0.3) is 0 Å². The summed E-state index contributed by atoms with van der Waals surface area (Å²) in [4.78, 5) is 18.2. The number of carbonyl (C=O) groups excluding carboxylic acids is 1. The number of nitrogens with one attached hydrogen (secondary N) is 1. The molecule has 1 aromatic carbocycles. The molecule has 4 nitrogen and oxygen atoms in total. The van der Waals surface area contributed by atoms with Gasteiger partial charge in [-0.2, -0.15) is 0 Å². The second kappa shape index (κ2) is 6.19. The fourth-order valence-electron chi connectivity index (χ4n) is 1.97. The van der Waals surface area contributed by atoms with E-state index in [1.54, 1.807) is 18.1 Å². The van der Waals surface area contributed by atoms with Crippen LogP contribution >= 0.6 is 0 Å². The van der Waals surface area contributed by atoms with Crippen LogP contribution in [0.2, 0.25) is 0 Å². The van der Waals surface area contributed by atoms with E-state index >= 15 is 0 Å². The summed E-state index contributed by atoms with van der Waals surface area (Å²) in [5.41, 5.74) is 2.99. The van der Waals surface area contributed by atoms with Crippen molar-refractivity contribution in [3.8, 4) is 0 Å². The predicted molar refractivity (Wildman–Crippen MR) is 82.1 cm³/mol. The lowest BCUT2D eigenvalue weighted by molar-refractivity contribution is -0.117. The lowest BCUT2D eigenvalue weighted by atomic mass is 10.1. The van der Waals surface area contributed by atoms with Crippen LogP contribution < -0.4 is 10.2 Å². The largest absolute Gasteiger partial charge is 0.373 e. The Balaban J connectivity index is 2.10. The fourth-order valence-corrected chi connectivity index (χ4v) is 1.97. The maximum Gasteiger partial charge on any atom is 0.231 e. The number of anilines is 2. The van der Waals surface area contributed by atoms with Gasteiger partial charge in [-0.1, -0.05) is 24.3 Å². The van der Waals surface area contributed by atoms with E-state index in [2.05, 4.69) is 10.3 Å². The number of hydrogen-bond donors (Lipinski definition) is 1. The van der Waals surface area contributed by atoms with Gasteiger partial charge in [-0.15, -0.1) is 0 Å². The molecule has 2 rings (SSSR count). The van der Waals surface area contributed by atoms with E-state index in [0.29, 0.717) is 6.42 Å². The van der Waals surface area contributed by atoms with Crippen LogP contribution in [0, 0.1) is 6.92 Å². The Kier molecular flexibility index (Phi) is 4.35. The van der Waals surface area contributed by atoms with Gasteiger partial charge in [0.05, 0.1) is 18.3 Å².